The van der Waals surface area contributed by atoms with Crippen LogP contribution in [0.5, 0.6) is 17.2 Å². The predicted molar refractivity (Wildman–Crippen MR) is 95.5 cm³/mol. The molecule has 6 heteroatoms. The Morgan fingerprint density at radius 2 is 1.85 bits per heavy atom. The first-order valence-electron chi connectivity index (χ1n) is 8.47. The average molecular weight is 355 g/mol. The minimum Gasteiger partial charge on any atom is -0.493 e. The van der Waals surface area contributed by atoms with Crippen molar-refractivity contribution in [2.45, 2.75) is 12.8 Å². The van der Waals surface area contributed by atoms with Gasteiger partial charge in [-0.05, 0) is 36.2 Å². The van der Waals surface area contributed by atoms with Gasteiger partial charge in [0.1, 0.15) is 5.75 Å². The van der Waals surface area contributed by atoms with E-state index in [1.807, 2.05) is 48.5 Å². The molecule has 1 aliphatic rings. The topological polar surface area (TPSA) is 76.1 Å². The highest BCUT2D eigenvalue weighted by Gasteiger charge is 2.33. The van der Waals surface area contributed by atoms with Crippen molar-refractivity contribution in [3.63, 3.8) is 0 Å². The zero-order valence-corrected chi connectivity index (χ0v) is 14.6. The summed E-state index contributed by atoms with van der Waals surface area (Å²) in [7, 11) is 1.60. The number of hydrogen-bond donors (Lipinski definition) is 1. The third kappa shape index (κ3) is 4.14. The van der Waals surface area contributed by atoms with E-state index in [9.17, 15) is 9.59 Å². The van der Waals surface area contributed by atoms with Gasteiger partial charge in [-0.1, -0.05) is 24.3 Å². The van der Waals surface area contributed by atoms with Crippen LogP contribution in [0.1, 0.15) is 12.0 Å². The Bertz CT molecular complexity index is 787. The van der Waals surface area contributed by atoms with E-state index in [1.54, 1.807) is 12.0 Å². The lowest BCUT2D eigenvalue weighted by atomic mass is 10.1. The molecular weight excluding hydrogens is 334 g/mol. The quantitative estimate of drug-likeness (QED) is 0.826. The van der Waals surface area contributed by atoms with E-state index >= 15 is 0 Å². The van der Waals surface area contributed by atoms with Crippen LogP contribution in [0.3, 0.4) is 0 Å². The molecule has 0 bridgehead atoms. The Balaban J connectivity index is 1.56. The van der Waals surface area contributed by atoms with E-state index in [0.29, 0.717) is 36.8 Å². The first-order chi connectivity index (χ1) is 12.6. The molecule has 1 unspecified atom stereocenters. The number of aliphatic carboxylic acids is 1. The Morgan fingerprint density at radius 1 is 1.15 bits per heavy atom. The molecular formula is C20H21NO5. The zero-order chi connectivity index (χ0) is 18.5. The van der Waals surface area contributed by atoms with Crippen molar-refractivity contribution in [3.8, 4) is 17.2 Å². The Kier molecular flexibility index (Phi) is 5.41. The molecule has 0 spiro atoms. The van der Waals surface area contributed by atoms with Crippen LogP contribution in [0.25, 0.3) is 0 Å². The lowest BCUT2D eigenvalue weighted by Crippen LogP contribution is -2.28. The molecule has 6 nitrogen and oxygen atoms in total. The van der Waals surface area contributed by atoms with Crippen LogP contribution < -0.4 is 9.47 Å². The van der Waals surface area contributed by atoms with Gasteiger partial charge >= 0.3 is 5.97 Å². The highest BCUT2D eigenvalue weighted by Crippen LogP contribution is 2.31. The van der Waals surface area contributed by atoms with Crippen LogP contribution in [0, 0.1) is 5.92 Å². The third-order valence-corrected chi connectivity index (χ3v) is 4.45. The molecule has 1 atom stereocenters. The smallest absolute Gasteiger partial charge is 0.308 e. The number of carbonyl (C=O) groups excluding carboxylic acids is 1. The second kappa shape index (κ2) is 7.91. The number of carboxylic acid groups (broad SMARTS) is 1. The predicted octanol–water partition coefficient (Wildman–Crippen LogP) is 2.96. The van der Waals surface area contributed by atoms with Crippen molar-refractivity contribution in [2.75, 3.05) is 20.2 Å². The van der Waals surface area contributed by atoms with Gasteiger partial charge in [0, 0.05) is 19.5 Å². The highest BCUT2D eigenvalue weighted by atomic mass is 16.5. The number of ether oxygens (including phenoxy) is 2. The van der Waals surface area contributed by atoms with Gasteiger partial charge in [0.05, 0.1) is 13.0 Å². The summed E-state index contributed by atoms with van der Waals surface area (Å²) in [4.78, 5) is 24.5. The second-order valence-electron chi connectivity index (χ2n) is 6.23. The number of para-hydroxylation sites is 2. The van der Waals surface area contributed by atoms with Gasteiger partial charge in [-0.2, -0.15) is 0 Å². The summed E-state index contributed by atoms with van der Waals surface area (Å²) in [6.45, 7) is 0.818. The van der Waals surface area contributed by atoms with E-state index < -0.39 is 11.9 Å². The number of rotatable bonds is 7. The van der Waals surface area contributed by atoms with E-state index in [2.05, 4.69) is 0 Å². The maximum Gasteiger partial charge on any atom is 0.308 e. The minimum absolute atomic E-state index is 0.0893. The van der Waals surface area contributed by atoms with Gasteiger partial charge in [-0.3, -0.25) is 9.59 Å². The minimum atomic E-state index is -0.904. The molecule has 1 N–H and O–H groups in total. The normalized spacial score (nSPS) is 16.6. The molecule has 1 amide bonds. The Labute approximate surface area is 152 Å². The molecule has 26 heavy (non-hydrogen) atoms. The number of likely N-dealkylation sites (tertiary alicyclic amines) is 1. The molecule has 1 aliphatic heterocycles. The summed E-state index contributed by atoms with van der Waals surface area (Å²) in [6, 6.07) is 15.1. The van der Waals surface area contributed by atoms with Crippen LogP contribution in [-0.2, 0) is 16.0 Å². The molecule has 0 radical (unpaired) electrons. The summed E-state index contributed by atoms with van der Waals surface area (Å²) in [5.74, 6) is 0.426. The molecule has 0 aliphatic carbocycles. The third-order valence-electron chi connectivity index (χ3n) is 4.45. The monoisotopic (exact) mass is 355 g/mol. The van der Waals surface area contributed by atoms with Gasteiger partial charge in [-0.15, -0.1) is 0 Å². The molecule has 1 fully saturated rings. The van der Waals surface area contributed by atoms with Crippen molar-refractivity contribution in [2.24, 2.45) is 5.92 Å². The van der Waals surface area contributed by atoms with Crippen molar-refractivity contribution in [1.82, 2.24) is 4.90 Å². The summed E-state index contributed by atoms with van der Waals surface area (Å²) < 4.78 is 11.1. The standard InChI is InChI=1S/C20H21NO5/c1-25-17-4-2-3-5-18(17)26-16-8-6-14(7-9-16)10-11-21-13-15(20(23)24)12-19(21)22/h2-9,15H,10-13H2,1H3,(H,23,24). The Morgan fingerprint density at radius 3 is 2.46 bits per heavy atom. The van der Waals surface area contributed by atoms with E-state index in [-0.39, 0.29) is 12.3 Å². The Hall–Kier alpha value is -3.02. The molecule has 2 aromatic carbocycles. The van der Waals surface area contributed by atoms with Gasteiger partial charge < -0.3 is 19.5 Å². The first-order valence-corrected chi connectivity index (χ1v) is 8.47. The fourth-order valence-corrected chi connectivity index (χ4v) is 2.97. The number of amides is 1. The highest BCUT2D eigenvalue weighted by molar-refractivity contribution is 5.86. The molecule has 1 heterocycles. The maximum atomic E-state index is 11.9. The number of methoxy groups -OCH3 is 1. The van der Waals surface area contributed by atoms with Crippen LogP contribution in [0.15, 0.2) is 48.5 Å². The van der Waals surface area contributed by atoms with Crippen molar-refractivity contribution in [1.29, 1.82) is 0 Å². The molecule has 1 saturated heterocycles. The first kappa shape index (κ1) is 17.8. The fourth-order valence-electron chi connectivity index (χ4n) is 2.97. The maximum absolute atomic E-state index is 11.9. The number of nitrogens with zero attached hydrogens (tertiary/aromatic N) is 1. The number of carbonyl (C=O) groups is 2. The molecule has 0 saturated carbocycles. The van der Waals surface area contributed by atoms with Gasteiger partial charge in [-0.25, -0.2) is 0 Å². The van der Waals surface area contributed by atoms with Crippen LogP contribution in [0.4, 0.5) is 0 Å². The fraction of sp³-hybridized carbons (Fsp3) is 0.300. The summed E-state index contributed by atoms with van der Waals surface area (Å²) >= 11 is 0. The SMILES string of the molecule is COc1ccccc1Oc1ccc(CCN2CC(C(=O)O)CC2=O)cc1. The lowest BCUT2D eigenvalue weighted by molar-refractivity contribution is -0.141. The molecule has 3 rings (SSSR count). The zero-order valence-electron chi connectivity index (χ0n) is 14.6. The summed E-state index contributed by atoms with van der Waals surface area (Å²) in [5.41, 5.74) is 1.06. The number of benzene rings is 2. The van der Waals surface area contributed by atoms with E-state index in [4.69, 9.17) is 14.6 Å². The largest absolute Gasteiger partial charge is 0.493 e. The van der Waals surface area contributed by atoms with Gasteiger partial charge in [0.25, 0.3) is 0 Å². The second-order valence-corrected chi connectivity index (χ2v) is 6.23. The van der Waals surface area contributed by atoms with E-state index in [0.717, 1.165) is 5.56 Å². The molecule has 0 aromatic heterocycles. The number of carboxylic acids is 1. The van der Waals surface area contributed by atoms with Crippen molar-refractivity contribution in [3.05, 3.63) is 54.1 Å². The van der Waals surface area contributed by atoms with Crippen LogP contribution in [-0.4, -0.2) is 42.1 Å². The molecule has 136 valence electrons. The average Bonchev–Trinajstić information content (AvgIpc) is 3.03. The summed E-state index contributed by atoms with van der Waals surface area (Å²) in [6.07, 6.45) is 0.772. The van der Waals surface area contributed by atoms with Crippen molar-refractivity contribution >= 4 is 11.9 Å². The lowest BCUT2D eigenvalue weighted by Gasteiger charge is -2.16. The van der Waals surface area contributed by atoms with Crippen LogP contribution in [0.2, 0.25) is 0 Å². The van der Waals surface area contributed by atoms with Gasteiger partial charge in [0.15, 0.2) is 11.5 Å². The van der Waals surface area contributed by atoms with Crippen molar-refractivity contribution < 1.29 is 24.2 Å². The molecule has 2 aromatic rings. The summed E-state index contributed by atoms with van der Waals surface area (Å²) in [5, 5.41) is 9.02. The number of hydrogen-bond acceptors (Lipinski definition) is 4. The van der Waals surface area contributed by atoms with E-state index in [1.165, 1.54) is 0 Å². The van der Waals surface area contributed by atoms with Crippen LogP contribution >= 0.6 is 0 Å². The van der Waals surface area contributed by atoms with Gasteiger partial charge in [0.2, 0.25) is 5.91 Å².